The van der Waals surface area contributed by atoms with Gasteiger partial charge in [-0.05, 0) is 43.6 Å². The van der Waals surface area contributed by atoms with Gasteiger partial charge in [-0.25, -0.2) is 0 Å². The van der Waals surface area contributed by atoms with Crippen molar-refractivity contribution in [2.24, 2.45) is 5.92 Å². The van der Waals surface area contributed by atoms with Gasteiger partial charge in [-0.1, -0.05) is 26.8 Å². The van der Waals surface area contributed by atoms with E-state index in [9.17, 15) is 0 Å². The first-order valence-corrected chi connectivity index (χ1v) is 9.35. The monoisotopic (exact) mass is 306 g/mol. The van der Waals surface area contributed by atoms with E-state index in [1.165, 1.54) is 37.2 Å². The Morgan fingerprint density at radius 3 is 2.76 bits per heavy atom. The lowest BCUT2D eigenvalue weighted by Gasteiger charge is -2.48. The van der Waals surface area contributed by atoms with E-state index in [2.05, 4.69) is 55.4 Å². The van der Waals surface area contributed by atoms with Gasteiger partial charge >= 0.3 is 0 Å². The molecule has 1 saturated carbocycles. The lowest BCUT2D eigenvalue weighted by atomic mass is 9.86. The fourth-order valence-electron chi connectivity index (χ4n) is 3.92. The molecule has 21 heavy (non-hydrogen) atoms. The van der Waals surface area contributed by atoms with E-state index in [1.807, 2.05) is 11.3 Å². The van der Waals surface area contributed by atoms with E-state index >= 15 is 0 Å². The van der Waals surface area contributed by atoms with Gasteiger partial charge in [0.05, 0.1) is 0 Å². The molecule has 0 bridgehead atoms. The summed E-state index contributed by atoms with van der Waals surface area (Å²) in [7, 11) is 0. The van der Waals surface area contributed by atoms with Crippen LogP contribution >= 0.6 is 11.3 Å². The second-order valence-electron chi connectivity index (χ2n) is 7.90. The zero-order chi connectivity index (χ0) is 15.1. The fraction of sp³-hybridized carbons (Fsp3) is 0.778. The number of hydrogen-bond donors (Lipinski definition) is 1. The van der Waals surface area contributed by atoms with E-state index in [-0.39, 0.29) is 5.41 Å². The van der Waals surface area contributed by atoms with Crippen LogP contribution in [0.15, 0.2) is 17.5 Å². The molecule has 2 fully saturated rings. The van der Waals surface area contributed by atoms with Crippen molar-refractivity contribution in [1.82, 2.24) is 10.2 Å². The molecule has 118 valence electrons. The van der Waals surface area contributed by atoms with E-state index in [1.54, 1.807) is 0 Å². The van der Waals surface area contributed by atoms with Crippen molar-refractivity contribution in [1.29, 1.82) is 0 Å². The van der Waals surface area contributed by atoms with Crippen molar-refractivity contribution >= 4 is 11.3 Å². The molecule has 1 aliphatic carbocycles. The third-order valence-corrected chi connectivity index (χ3v) is 6.76. The first-order chi connectivity index (χ1) is 9.94. The first kappa shape index (κ1) is 15.5. The average Bonchev–Trinajstić information content (AvgIpc) is 3.14. The van der Waals surface area contributed by atoms with Gasteiger partial charge < -0.3 is 5.32 Å². The number of nitrogens with one attached hydrogen (secondary N) is 1. The summed E-state index contributed by atoms with van der Waals surface area (Å²) in [5.41, 5.74) is 0.598. The Kier molecular flexibility index (Phi) is 4.19. The van der Waals surface area contributed by atoms with E-state index in [4.69, 9.17) is 0 Å². The van der Waals surface area contributed by atoms with Gasteiger partial charge in [0.25, 0.3) is 0 Å². The van der Waals surface area contributed by atoms with Gasteiger partial charge in [0.15, 0.2) is 0 Å². The Bertz CT molecular complexity index is 464. The molecule has 2 atom stereocenters. The quantitative estimate of drug-likeness (QED) is 0.888. The highest BCUT2D eigenvalue weighted by Crippen LogP contribution is 2.42. The molecule has 2 aliphatic rings. The van der Waals surface area contributed by atoms with Crippen LogP contribution in [0.5, 0.6) is 0 Å². The Balaban J connectivity index is 1.74. The summed E-state index contributed by atoms with van der Waals surface area (Å²) in [6.45, 7) is 13.1. The number of hydrogen-bond acceptors (Lipinski definition) is 3. The summed E-state index contributed by atoms with van der Waals surface area (Å²) < 4.78 is 0. The summed E-state index contributed by atoms with van der Waals surface area (Å²) in [5, 5.41) is 6.08. The molecule has 1 aromatic heterocycles. The minimum atomic E-state index is 0.253. The van der Waals surface area contributed by atoms with Crippen molar-refractivity contribution < 1.29 is 0 Å². The van der Waals surface area contributed by atoms with Crippen LogP contribution in [0.3, 0.4) is 0 Å². The predicted octanol–water partition coefficient (Wildman–Crippen LogP) is 3.88. The topological polar surface area (TPSA) is 15.3 Å². The SMILES string of the molecule is CCC1CNC(C)(C2CC2)CN1CC(C)(C)c1cccs1. The second kappa shape index (κ2) is 5.68. The zero-order valence-corrected chi connectivity index (χ0v) is 14.8. The summed E-state index contributed by atoms with van der Waals surface area (Å²) in [6, 6.07) is 5.18. The van der Waals surface area contributed by atoms with Gasteiger partial charge in [-0.15, -0.1) is 11.3 Å². The molecule has 1 aromatic rings. The maximum absolute atomic E-state index is 3.87. The van der Waals surface area contributed by atoms with E-state index in [0.29, 0.717) is 11.6 Å². The van der Waals surface area contributed by atoms with Crippen LogP contribution in [0.25, 0.3) is 0 Å². The van der Waals surface area contributed by atoms with Gasteiger partial charge in [0, 0.05) is 41.5 Å². The number of piperazine rings is 1. The Morgan fingerprint density at radius 1 is 1.43 bits per heavy atom. The number of nitrogens with zero attached hydrogens (tertiary/aromatic N) is 1. The highest BCUT2D eigenvalue weighted by atomic mass is 32.1. The van der Waals surface area contributed by atoms with E-state index in [0.717, 1.165) is 12.5 Å². The summed E-state index contributed by atoms with van der Waals surface area (Å²) in [6.07, 6.45) is 4.08. The molecule has 2 heterocycles. The van der Waals surface area contributed by atoms with Crippen LogP contribution in [-0.2, 0) is 5.41 Å². The molecule has 1 saturated heterocycles. The second-order valence-corrected chi connectivity index (χ2v) is 8.85. The van der Waals surface area contributed by atoms with Gasteiger partial charge in [0.2, 0.25) is 0 Å². The lowest BCUT2D eigenvalue weighted by molar-refractivity contribution is 0.0576. The Labute approximate surface area is 133 Å². The third kappa shape index (κ3) is 3.20. The standard InChI is InChI=1S/C18H30N2S/c1-5-15-11-19-18(4,14-8-9-14)13-20(15)12-17(2,3)16-7-6-10-21-16/h6-7,10,14-15,19H,5,8-9,11-13H2,1-4H3. The molecule has 1 N–H and O–H groups in total. The summed E-state index contributed by atoms with van der Waals surface area (Å²) >= 11 is 1.90. The normalized spacial score (nSPS) is 31.5. The molecule has 2 unspecified atom stereocenters. The van der Waals surface area contributed by atoms with Gasteiger partial charge in [-0.3, -0.25) is 4.90 Å². The van der Waals surface area contributed by atoms with Crippen LogP contribution in [0.2, 0.25) is 0 Å². The molecular formula is C18H30N2S. The predicted molar refractivity (Wildman–Crippen MR) is 92.1 cm³/mol. The Morgan fingerprint density at radius 2 is 2.19 bits per heavy atom. The molecule has 3 rings (SSSR count). The minimum absolute atomic E-state index is 0.253. The number of thiophene rings is 1. The zero-order valence-electron chi connectivity index (χ0n) is 14.0. The highest BCUT2D eigenvalue weighted by Gasteiger charge is 2.46. The molecule has 1 aliphatic heterocycles. The van der Waals surface area contributed by atoms with Crippen LogP contribution in [0.1, 0.15) is 51.8 Å². The summed E-state index contributed by atoms with van der Waals surface area (Å²) in [5.74, 6) is 0.905. The van der Waals surface area contributed by atoms with Crippen LogP contribution in [0, 0.1) is 5.92 Å². The van der Waals surface area contributed by atoms with Crippen molar-refractivity contribution in [3.05, 3.63) is 22.4 Å². The maximum atomic E-state index is 3.87. The average molecular weight is 307 g/mol. The highest BCUT2D eigenvalue weighted by molar-refractivity contribution is 7.10. The number of rotatable bonds is 5. The first-order valence-electron chi connectivity index (χ1n) is 8.48. The smallest absolute Gasteiger partial charge is 0.0309 e. The van der Waals surface area contributed by atoms with E-state index < -0.39 is 0 Å². The molecule has 2 nitrogen and oxygen atoms in total. The maximum Gasteiger partial charge on any atom is 0.0309 e. The minimum Gasteiger partial charge on any atom is -0.308 e. The molecule has 0 spiro atoms. The van der Waals surface area contributed by atoms with Crippen molar-refractivity contribution in [2.75, 3.05) is 19.6 Å². The van der Waals surface area contributed by atoms with Crippen molar-refractivity contribution in [2.45, 2.75) is 64.0 Å². The van der Waals surface area contributed by atoms with Crippen molar-refractivity contribution in [3.8, 4) is 0 Å². The Hall–Kier alpha value is -0.380. The fourth-order valence-corrected chi connectivity index (χ4v) is 4.76. The third-order valence-electron chi connectivity index (χ3n) is 5.53. The molecule has 0 aromatic carbocycles. The summed E-state index contributed by atoms with van der Waals surface area (Å²) in [4.78, 5) is 4.29. The molecule has 3 heteroatoms. The molecular weight excluding hydrogens is 276 g/mol. The van der Waals surface area contributed by atoms with Gasteiger partial charge in [0.1, 0.15) is 0 Å². The molecule has 0 amide bonds. The largest absolute Gasteiger partial charge is 0.308 e. The van der Waals surface area contributed by atoms with Crippen molar-refractivity contribution in [3.63, 3.8) is 0 Å². The van der Waals surface area contributed by atoms with Gasteiger partial charge in [-0.2, -0.15) is 0 Å². The van der Waals surface area contributed by atoms with Crippen LogP contribution in [0.4, 0.5) is 0 Å². The molecule has 0 radical (unpaired) electrons. The lowest BCUT2D eigenvalue weighted by Crippen LogP contribution is -2.65. The van der Waals surface area contributed by atoms with Crippen LogP contribution in [-0.4, -0.2) is 36.1 Å². The van der Waals surface area contributed by atoms with Crippen LogP contribution < -0.4 is 5.32 Å².